The van der Waals surface area contributed by atoms with Crippen molar-refractivity contribution in [3.05, 3.63) is 17.3 Å². The summed E-state index contributed by atoms with van der Waals surface area (Å²) in [7, 11) is 0. The van der Waals surface area contributed by atoms with Crippen LogP contribution in [0.15, 0.2) is 11.4 Å². The smallest absolute Gasteiger partial charge is 0.142 e. The molecule has 1 N–H and O–H groups in total. The predicted molar refractivity (Wildman–Crippen MR) is 94.4 cm³/mol. The number of rotatable bonds is 6. The van der Waals surface area contributed by atoms with E-state index >= 15 is 0 Å². The van der Waals surface area contributed by atoms with Gasteiger partial charge in [0, 0.05) is 11.8 Å². The van der Waals surface area contributed by atoms with Crippen LogP contribution in [0.2, 0.25) is 0 Å². The van der Waals surface area contributed by atoms with Crippen LogP contribution < -0.4 is 5.32 Å². The predicted octanol–water partition coefficient (Wildman–Crippen LogP) is 5.08. The first-order valence-electron chi connectivity index (χ1n) is 7.96. The molecule has 5 heteroatoms. The van der Waals surface area contributed by atoms with E-state index < -0.39 is 0 Å². The number of nitrogens with zero attached hydrogens (tertiary/aromatic N) is 2. The zero-order chi connectivity index (χ0) is 14.5. The molecule has 0 amide bonds. The molecule has 0 radical (unpaired) electrons. The van der Waals surface area contributed by atoms with Crippen molar-refractivity contribution in [3.8, 4) is 0 Å². The molecule has 3 rings (SSSR count). The Bertz CT molecular complexity index is 576. The summed E-state index contributed by atoms with van der Waals surface area (Å²) in [5.74, 6) is 2.95. The van der Waals surface area contributed by atoms with Crippen molar-refractivity contribution in [3.63, 3.8) is 0 Å². The highest BCUT2D eigenvalue weighted by Gasteiger charge is 2.15. The quantitative estimate of drug-likeness (QED) is 0.805. The summed E-state index contributed by atoms with van der Waals surface area (Å²) in [4.78, 5) is 10.6. The number of anilines is 1. The first-order valence-corrected chi connectivity index (χ1v) is 9.89. The molecule has 21 heavy (non-hydrogen) atoms. The molecule has 2 heterocycles. The highest BCUT2D eigenvalue weighted by Crippen LogP contribution is 2.31. The van der Waals surface area contributed by atoms with Gasteiger partial charge < -0.3 is 5.32 Å². The second-order valence-corrected chi connectivity index (χ2v) is 7.81. The molecule has 3 nitrogen and oxygen atoms in total. The van der Waals surface area contributed by atoms with E-state index in [1.54, 1.807) is 11.3 Å². The lowest BCUT2D eigenvalue weighted by atomic mass is 10.0. The topological polar surface area (TPSA) is 37.8 Å². The normalized spacial score (nSPS) is 16.4. The zero-order valence-electron chi connectivity index (χ0n) is 12.6. The third kappa shape index (κ3) is 3.89. The van der Waals surface area contributed by atoms with Crippen LogP contribution in [-0.4, -0.2) is 21.8 Å². The average molecular weight is 322 g/mol. The molecule has 0 aliphatic heterocycles. The van der Waals surface area contributed by atoms with Crippen LogP contribution in [0.1, 0.15) is 51.3 Å². The van der Waals surface area contributed by atoms with Gasteiger partial charge in [0.1, 0.15) is 16.5 Å². The SMILES string of the molecule is CCCNc1nc(CSC2CCCCC2)nc2sccc12. The van der Waals surface area contributed by atoms with Crippen molar-refractivity contribution >= 4 is 39.1 Å². The fourth-order valence-electron chi connectivity index (χ4n) is 2.77. The Hall–Kier alpha value is -0.810. The molecule has 0 saturated heterocycles. The van der Waals surface area contributed by atoms with E-state index in [4.69, 9.17) is 9.97 Å². The summed E-state index contributed by atoms with van der Waals surface area (Å²) in [5.41, 5.74) is 0. The Morgan fingerprint density at radius 1 is 1.29 bits per heavy atom. The van der Waals surface area contributed by atoms with Gasteiger partial charge >= 0.3 is 0 Å². The van der Waals surface area contributed by atoms with Gasteiger partial charge in [-0.05, 0) is 30.7 Å². The van der Waals surface area contributed by atoms with Gasteiger partial charge in [-0.15, -0.1) is 11.3 Å². The molecular formula is C16H23N3S2. The summed E-state index contributed by atoms with van der Waals surface area (Å²) in [6.07, 6.45) is 8.05. The maximum Gasteiger partial charge on any atom is 0.142 e. The molecule has 1 fully saturated rings. The number of thioether (sulfide) groups is 1. The van der Waals surface area contributed by atoms with Gasteiger partial charge in [0.15, 0.2) is 0 Å². The fourth-order valence-corrected chi connectivity index (χ4v) is 4.73. The number of nitrogens with one attached hydrogen (secondary N) is 1. The maximum absolute atomic E-state index is 4.76. The fraction of sp³-hybridized carbons (Fsp3) is 0.625. The first kappa shape index (κ1) is 15.1. The third-order valence-electron chi connectivity index (χ3n) is 3.91. The van der Waals surface area contributed by atoms with Crippen LogP contribution in [0, 0.1) is 0 Å². The van der Waals surface area contributed by atoms with E-state index in [1.165, 1.54) is 37.5 Å². The van der Waals surface area contributed by atoms with Gasteiger partial charge in [-0.25, -0.2) is 9.97 Å². The Morgan fingerprint density at radius 2 is 2.14 bits per heavy atom. The van der Waals surface area contributed by atoms with Gasteiger partial charge in [-0.1, -0.05) is 26.2 Å². The summed E-state index contributed by atoms with van der Waals surface area (Å²) < 4.78 is 0. The van der Waals surface area contributed by atoms with Crippen LogP contribution in [0.25, 0.3) is 10.2 Å². The van der Waals surface area contributed by atoms with E-state index in [2.05, 4.69) is 23.7 Å². The molecule has 0 spiro atoms. The third-order valence-corrected chi connectivity index (χ3v) is 6.09. The van der Waals surface area contributed by atoms with Crippen molar-refractivity contribution < 1.29 is 0 Å². The molecule has 114 valence electrons. The minimum Gasteiger partial charge on any atom is -0.369 e. The molecule has 2 aromatic rings. The monoisotopic (exact) mass is 321 g/mol. The molecule has 1 saturated carbocycles. The highest BCUT2D eigenvalue weighted by molar-refractivity contribution is 7.99. The molecule has 0 aromatic carbocycles. The van der Waals surface area contributed by atoms with E-state index in [1.807, 2.05) is 11.8 Å². The van der Waals surface area contributed by atoms with E-state index in [0.717, 1.165) is 40.4 Å². The van der Waals surface area contributed by atoms with Gasteiger partial charge in [-0.2, -0.15) is 11.8 Å². The van der Waals surface area contributed by atoms with Gasteiger partial charge in [0.25, 0.3) is 0 Å². The Balaban J connectivity index is 1.71. The molecular weight excluding hydrogens is 298 g/mol. The number of hydrogen-bond acceptors (Lipinski definition) is 5. The zero-order valence-corrected chi connectivity index (χ0v) is 14.2. The van der Waals surface area contributed by atoms with Crippen molar-refractivity contribution in [2.75, 3.05) is 11.9 Å². The average Bonchev–Trinajstić information content (AvgIpc) is 3.00. The molecule has 1 aliphatic rings. The molecule has 2 aromatic heterocycles. The van der Waals surface area contributed by atoms with Crippen LogP contribution in [-0.2, 0) is 5.75 Å². The van der Waals surface area contributed by atoms with Crippen molar-refractivity contribution in [2.24, 2.45) is 0 Å². The standard InChI is InChI=1S/C16H23N3S2/c1-2-9-17-15-13-8-10-20-16(13)19-14(18-15)11-21-12-6-4-3-5-7-12/h8,10,12H,2-7,9,11H2,1H3,(H,17,18,19). The number of fused-ring (bicyclic) bond motifs is 1. The molecule has 0 unspecified atom stereocenters. The Labute approximate surface area is 135 Å². The minimum atomic E-state index is 0.813. The molecule has 0 atom stereocenters. The second kappa shape index (κ2) is 7.45. The lowest BCUT2D eigenvalue weighted by Crippen LogP contribution is -2.09. The van der Waals surface area contributed by atoms with Crippen LogP contribution in [0.5, 0.6) is 0 Å². The van der Waals surface area contributed by atoms with E-state index in [0.29, 0.717) is 0 Å². The Morgan fingerprint density at radius 3 is 2.95 bits per heavy atom. The lowest BCUT2D eigenvalue weighted by molar-refractivity contribution is 0.516. The summed E-state index contributed by atoms with van der Waals surface area (Å²) in [6, 6.07) is 2.12. The lowest BCUT2D eigenvalue weighted by Gasteiger charge is -2.20. The molecule has 1 aliphatic carbocycles. The van der Waals surface area contributed by atoms with E-state index in [9.17, 15) is 0 Å². The number of thiophene rings is 1. The maximum atomic E-state index is 4.76. The Kier molecular flexibility index (Phi) is 5.36. The van der Waals surface area contributed by atoms with Crippen LogP contribution in [0.4, 0.5) is 5.82 Å². The van der Waals surface area contributed by atoms with Crippen LogP contribution in [0.3, 0.4) is 0 Å². The van der Waals surface area contributed by atoms with Crippen molar-refractivity contribution in [2.45, 2.75) is 56.5 Å². The number of aromatic nitrogens is 2. The second-order valence-electron chi connectivity index (χ2n) is 5.63. The van der Waals surface area contributed by atoms with Crippen molar-refractivity contribution in [1.29, 1.82) is 0 Å². The summed E-state index contributed by atoms with van der Waals surface area (Å²) >= 11 is 3.76. The van der Waals surface area contributed by atoms with Crippen molar-refractivity contribution in [1.82, 2.24) is 9.97 Å². The molecule has 0 bridgehead atoms. The minimum absolute atomic E-state index is 0.813. The number of hydrogen-bond donors (Lipinski definition) is 1. The van der Waals surface area contributed by atoms with Gasteiger partial charge in [0.05, 0.1) is 11.1 Å². The summed E-state index contributed by atoms with van der Waals surface area (Å²) in [5, 5.41) is 7.53. The van der Waals surface area contributed by atoms with Gasteiger partial charge in [-0.3, -0.25) is 0 Å². The van der Waals surface area contributed by atoms with Crippen LogP contribution >= 0.6 is 23.1 Å². The summed E-state index contributed by atoms with van der Waals surface area (Å²) in [6.45, 7) is 3.15. The first-order chi connectivity index (χ1) is 10.4. The van der Waals surface area contributed by atoms with E-state index in [-0.39, 0.29) is 0 Å². The van der Waals surface area contributed by atoms with Gasteiger partial charge in [0.2, 0.25) is 0 Å². The largest absolute Gasteiger partial charge is 0.369 e. The highest BCUT2D eigenvalue weighted by atomic mass is 32.2.